The van der Waals surface area contributed by atoms with Gasteiger partial charge < -0.3 is 5.32 Å². The van der Waals surface area contributed by atoms with Gasteiger partial charge in [0.05, 0.1) is 11.6 Å². The first-order valence-electron chi connectivity index (χ1n) is 6.62. The smallest absolute Gasteiger partial charge is 0.200 e. The molecule has 0 bridgehead atoms. The zero-order valence-corrected chi connectivity index (χ0v) is 12.3. The Kier molecular flexibility index (Phi) is 3.57. The van der Waals surface area contributed by atoms with Crippen LogP contribution in [0.1, 0.15) is 33.3 Å². The van der Waals surface area contributed by atoms with E-state index >= 15 is 0 Å². The predicted octanol–water partition coefficient (Wildman–Crippen LogP) is 2.70. The summed E-state index contributed by atoms with van der Waals surface area (Å²) >= 11 is 0. The molecule has 0 aromatic heterocycles. The highest BCUT2D eigenvalue weighted by molar-refractivity contribution is 5.48. The van der Waals surface area contributed by atoms with E-state index in [1.807, 2.05) is 17.1 Å². The van der Waals surface area contributed by atoms with Crippen LogP contribution in [0.4, 0.5) is 5.69 Å². The minimum Gasteiger partial charge on any atom is -0.350 e. The zero-order chi connectivity index (χ0) is 14.9. The van der Waals surface area contributed by atoms with Crippen molar-refractivity contribution in [2.24, 2.45) is 5.41 Å². The van der Waals surface area contributed by atoms with Gasteiger partial charge in [0.15, 0.2) is 12.5 Å². The predicted molar refractivity (Wildman–Crippen MR) is 76.8 cm³/mol. The van der Waals surface area contributed by atoms with Crippen molar-refractivity contribution in [3.63, 3.8) is 0 Å². The molecule has 1 saturated heterocycles. The maximum atomic E-state index is 9.17. The highest BCUT2D eigenvalue weighted by Gasteiger charge is 2.51. The van der Waals surface area contributed by atoms with Gasteiger partial charge in [-0.1, -0.05) is 20.8 Å². The topological polar surface area (TPSA) is 65.6 Å². The lowest BCUT2D eigenvalue weighted by atomic mass is 9.88. The van der Waals surface area contributed by atoms with E-state index < -0.39 is 0 Å². The Morgan fingerprint density at radius 2 is 1.80 bits per heavy atom. The molecule has 1 aromatic rings. The third-order valence-electron chi connectivity index (χ3n) is 3.74. The summed E-state index contributed by atoms with van der Waals surface area (Å²) in [6.07, 6.45) is 2.07. The minimum atomic E-state index is -0.109. The van der Waals surface area contributed by atoms with E-state index in [0.717, 1.165) is 5.69 Å². The maximum absolute atomic E-state index is 9.17. The summed E-state index contributed by atoms with van der Waals surface area (Å²) < 4.78 is 0. The molecular formula is C15H19N5. The molecule has 0 aliphatic carbocycles. The van der Waals surface area contributed by atoms with Gasteiger partial charge in [0, 0.05) is 11.7 Å². The molecule has 0 radical (unpaired) electrons. The van der Waals surface area contributed by atoms with Crippen molar-refractivity contribution in [2.75, 3.05) is 5.32 Å². The molecule has 1 aromatic carbocycles. The molecule has 0 spiro atoms. The quantitative estimate of drug-likeness (QED) is 0.675. The van der Waals surface area contributed by atoms with Crippen LogP contribution < -0.4 is 5.32 Å². The lowest BCUT2D eigenvalue weighted by molar-refractivity contribution is 0.169. The Morgan fingerprint density at radius 1 is 1.20 bits per heavy atom. The summed E-state index contributed by atoms with van der Waals surface area (Å²) in [5.41, 5.74) is 1.62. The van der Waals surface area contributed by atoms with Crippen LogP contribution in [-0.2, 0) is 0 Å². The second kappa shape index (κ2) is 5.03. The number of nitrogens with one attached hydrogen (secondary N) is 1. The van der Waals surface area contributed by atoms with Crippen molar-refractivity contribution in [2.45, 2.75) is 40.0 Å². The first-order valence-corrected chi connectivity index (χ1v) is 6.62. The standard InChI is InChI=1S/C15H19N5/c1-11(15(2,3)4)20-14(19(20)10-17)18-13-7-5-12(9-16)6-8-13/h5-8,11,14,18H,1-4H3. The number of nitriles is 2. The van der Waals surface area contributed by atoms with E-state index in [4.69, 9.17) is 5.26 Å². The van der Waals surface area contributed by atoms with Crippen LogP contribution in [0.5, 0.6) is 0 Å². The fourth-order valence-electron chi connectivity index (χ4n) is 2.00. The summed E-state index contributed by atoms with van der Waals surface area (Å²) in [5.74, 6) is 0. The second-order valence-corrected chi connectivity index (χ2v) is 6.07. The van der Waals surface area contributed by atoms with E-state index in [0.29, 0.717) is 5.56 Å². The third-order valence-corrected chi connectivity index (χ3v) is 3.74. The lowest BCUT2D eigenvalue weighted by Gasteiger charge is -2.27. The van der Waals surface area contributed by atoms with Gasteiger partial charge in [0.2, 0.25) is 0 Å². The van der Waals surface area contributed by atoms with Gasteiger partial charge in [-0.15, -0.1) is 0 Å². The fraction of sp³-hybridized carbons (Fsp3) is 0.467. The molecule has 5 heteroatoms. The molecule has 0 saturated carbocycles. The van der Waals surface area contributed by atoms with Crippen molar-refractivity contribution in [3.05, 3.63) is 29.8 Å². The van der Waals surface area contributed by atoms with Crippen molar-refractivity contribution in [1.29, 1.82) is 10.5 Å². The van der Waals surface area contributed by atoms with Crippen LogP contribution in [0.15, 0.2) is 24.3 Å². The van der Waals surface area contributed by atoms with Gasteiger partial charge in [-0.2, -0.15) is 20.5 Å². The van der Waals surface area contributed by atoms with Crippen molar-refractivity contribution in [3.8, 4) is 12.3 Å². The molecular weight excluding hydrogens is 250 g/mol. The number of hydrogen-bond acceptors (Lipinski definition) is 5. The maximum Gasteiger partial charge on any atom is 0.200 e. The van der Waals surface area contributed by atoms with E-state index in [2.05, 4.69) is 45.3 Å². The molecule has 2 rings (SSSR count). The summed E-state index contributed by atoms with van der Waals surface area (Å²) in [7, 11) is 0. The first-order chi connectivity index (χ1) is 9.38. The molecule has 1 heterocycles. The van der Waals surface area contributed by atoms with Crippen molar-refractivity contribution >= 4 is 5.69 Å². The average molecular weight is 269 g/mol. The van der Waals surface area contributed by atoms with Gasteiger partial charge in [0.1, 0.15) is 0 Å². The van der Waals surface area contributed by atoms with E-state index in [1.54, 1.807) is 17.1 Å². The molecule has 1 aliphatic heterocycles. The molecule has 3 atom stereocenters. The SMILES string of the molecule is CC(N1C(Nc2ccc(C#N)cc2)N1C#N)C(C)(C)C. The molecule has 5 nitrogen and oxygen atoms in total. The van der Waals surface area contributed by atoms with Gasteiger partial charge in [-0.05, 0) is 36.6 Å². The monoisotopic (exact) mass is 269 g/mol. The van der Waals surface area contributed by atoms with Crippen LogP contribution in [0, 0.1) is 28.2 Å². The van der Waals surface area contributed by atoms with Crippen LogP contribution in [0.25, 0.3) is 0 Å². The third kappa shape index (κ3) is 2.68. The van der Waals surface area contributed by atoms with Gasteiger partial charge in [-0.25, -0.2) is 0 Å². The molecule has 1 N–H and O–H groups in total. The average Bonchev–Trinajstić information content (AvgIpc) is 3.10. The van der Waals surface area contributed by atoms with Crippen LogP contribution in [0.3, 0.4) is 0 Å². The fourth-order valence-corrected chi connectivity index (χ4v) is 2.00. The van der Waals surface area contributed by atoms with E-state index in [1.165, 1.54) is 0 Å². The Hall–Kier alpha value is -2.24. The normalized spacial score (nSPS) is 22.6. The minimum absolute atomic E-state index is 0.0934. The summed E-state index contributed by atoms with van der Waals surface area (Å²) in [4.78, 5) is 0. The van der Waals surface area contributed by atoms with Crippen LogP contribution in [0.2, 0.25) is 0 Å². The van der Waals surface area contributed by atoms with E-state index in [9.17, 15) is 5.26 Å². The highest BCUT2D eigenvalue weighted by Crippen LogP contribution is 2.36. The molecule has 20 heavy (non-hydrogen) atoms. The number of rotatable bonds is 3. The molecule has 0 amide bonds. The van der Waals surface area contributed by atoms with Crippen LogP contribution >= 0.6 is 0 Å². The van der Waals surface area contributed by atoms with E-state index in [-0.39, 0.29) is 17.7 Å². The second-order valence-electron chi connectivity index (χ2n) is 6.07. The molecule has 3 unspecified atom stereocenters. The lowest BCUT2D eigenvalue weighted by Crippen LogP contribution is -2.33. The largest absolute Gasteiger partial charge is 0.350 e. The Morgan fingerprint density at radius 3 is 2.25 bits per heavy atom. The molecule has 104 valence electrons. The first kappa shape index (κ1) is 14.2. The Bertz CT molecular complexity index is 558. The van der Waals surface area contributed by atoms with Gasteiger partial charge in [0.25, 0.3) is 0 Å². The number of nitrogens with zero attached hydrogens (tertiary/aromatic N) is 4. The molecule has 1 fully saturated rings. The van der Waals surface area contributed by atoms with Crippen molar-refractivity contribution in [1.82, 2.24) is 10.0 Å². The summed E-state index contributed by atoms with van der Waals surface area (Å²) in [6, 6.07) is 9.57. The highest BCUT2D eigenvalue weighted by atomic mass is 15.9. The van der Waals surface area contributed by atoms with Crippen LogP contribution in [-0.4, -0.2) is 22.3 Å². The Labute approximate surface area is 120 Å². The zero-order valence-electron chi connectivity index (χ0n) is 12.3. The Balaban J connectivity index is 2.06. The van der Waals surface area contributed by atoms with Crippen molar-refractivity contribution < 1.29 is 0 Å². The number of hydrazine groups is 1. The molecule has 1 aliphatic rings. The summed E-state index contributed by atoms with van der Waals surface area (Å²) in [5, 5.41) is 24.9. The number of benzene rings is 1. The summed E-state index contributed by atoms with van der Waals surface area (Å²) in [6.45, 7) is 8.59. The van der Waals surface area contributed by atoms with Gasteiger partial charge in [-0.3, -0.25) is 0 Å². The van der Waals surface area contributed by atoms with Gasteiger partial charge >= 0.3 is 0 Å². The number of anilines is 1. The number of hydrogen-bond donors (Lipinski definition) is 1.